The number of hydrogen-bond donors (Lipinski definition) is 1. The molecule has 0 aliphatic carbocycles. The predicted molar refractivity (Wildman–Crippen MR) is 152 cm³/mol. The lowest BCUT2D eigenvalue weighted by Gasteiger charge is -2.27. The molecule has 8 heteroatoms. The molecule has 1 fully saturated rings. The van der Waals surface area contributed by atoms with Gasteiger partial charge in [0.05, 0.1) is 34.8 Å². The Balaban J connectivity index is 1.78. The van der Waals surface area contributed by atoms with Gasteiger partial charge in [0.2, 0.25) is 0 Å². The average Bonchev–Trinajstić information content (AvgIpc) is 3.47. The number of aromatic nitrogens is 2. The molecule has 1 atom stereocenters. The van der Waals surface area contributed by atoms with Gasteiger partial charge in [0.15, 0.2) is 0 Å². The topological polar surface area (TPSA) is 87.9 Å². The number of aliphatic hydroxyl groups excluding tert-OH is 1. The van der Waals surface area contributed by atoms with Crippen molar-refractivity contribution in [3.63, 3.8) is 0 Å². The van der Waals surface area contributed by atoms with E-state index in [2.05, 4.69) is 30.4 Å². The maximum atomic E-state index is 13.5. The number of ketones is 1. The predicted octanol–water partition coefficient (Wildman–Crippen LogP) is 4.90. The minimum Gasteiger partial charge on any atom is -0.507 e. The number of amides is 1. The van der Waals surface area contributed by atoms with Gasteiger partial charge in [0.1, 0.15) is 18.1 Å². The number of benzene rings is 2. The fourth-order valence-electron chi connectivity index (χ4n) is 5.01. The lowest BCUT2D eigenvalue weighted by molar-refractivity contribution is -0.140. The van der Waals surface area contributed by atoms with E-state index in [4.69, 9.17) is 4.74 Å². The van der Waals surface area contributed by atoms with Crippen LogP contribution in [0.5, 0.6) is 5.75 Å². The van der Waals surface area contributed by atoms with Gasteiger partial charge in [-0.25, -0.2) is 4.68 Å². The number of nitrogens with zero attached hydrogens (tertiary/aromatic N) is 4. The molecule has 1 saturated heterocycles. The fraction of sp³-hybridized carbons (Fsp3) is 0.323. The van der Waals surface area contributed by atoms with Gasteiger partial charge in [-0.2, -0.15) is 5.10 Å². The summed E-state index contributed by atoms with van der Waals surface area (Å²) in [6, 6.07) is 16.1. The van der Waals surface area contributed by atoms with E-state index < -0.39 is 17.7 Å². The highest BCUT2D eigenvalue weighted by Gasteiger charge is 2.46. The van der Waals surface area contributed by atoms with Crippen molar-refractivity contribution >= 4 is 17.4 Å². The second-order valence-corrected chi connectivity index (χ2v) is 9.44. The molecule has 8 nitrogen and oxygen atoms in total. The minimum absolute atomic E-state index is 0.0550. The van der Waals surface area contributed by atoms with Crippen molar-refractivity contribution in [3.05, 3.63) is 95.8 Å². The maximum absolute atomic E-state index is 13.5. The maximum Gasteiger partial charge on any atom is 0.295 e. The second-order valence-electron chi connectivity index (χ2n) is 9.44. The molecule has 2 heterocycles. The van der Waals surface area contributed by atoms with Gasteiger partial charge < -0.3 is 19.6 Å². The summed E-state index contributed by atoms with van der Waals surface area (Å²) < 4.78 is 7.44. The van der Waals surface area contributed by atoms with Crippen molar-refractivity contribution in [1.29, 1.82) is 0 Å². The van der Waals surface area contributed by atoms with Crippen LogP contribution in [0, 0.1) is 6.92 Å². The van der Waals surface area contributed by atoms with Gasteiger partial charge in [-0.3, -0.25) is 9.59 Å². The number of rotatable bonds is 12. The zero-order chi connectivity index (χ0) is 27.9. The van der Waals surface area contributed by atoms with Gasteiger partial charge >= 0.3 is 0 Å². The molecule has 4 rings (SSSR count). The molecule has 0 saturated carbocycles. The molecule has 1 N–H and O–H groups in total. The normalized spacial score (nSPS) is 16.7. The van der Waals surface area contributed by atoms with Gasteiger partial charge in [-0.1, -0.05) is 56.8 Å². The SMILES string of the molecule is C=CCOc1cccc(C2C(=C(O)c3cnn(-c4ccccc4)c3C)C(=O)C(=O)N2CCCN(CC)CC)c1. The summed E-state index contributed by atoms with van der Waals surface area (Å²) in [7, 11) is 0. The molecule has 2 aromatic carbocycles. The Hall–Kier alpha value is -4.17. The molecule has 204 valence electrons. The second kappa shape index (κ2) is 12.6. The highest BCUT2D eigenvalue weighted by Crippen LogP contribution is 2.41. The van der Waals surface area contributed by atoms with E-state index in [9.17, 15) is 14.7 Å². The van der Waals surface area contributed by atoms with Crippen molar-refractivity contribution in [2.24, 2.45) is 0 Å². The Kier molecular flexibility index (Phi) is 8.99. The third-order valence-corrected chi connectivity index (χ3v) is 7.12. The van der Waals surface area contributed by atoms with Crippen LogP contribution in [0.2, 0.25) is 0 Å². The van der Waals surface area contributed by atoms with E-state index >= 15 is 0 Å². The Labute approximate surface area is 229 Å². The van der Waals surface area contributed by atoms with Gasteiger partial charge in [0.25, 0.3) is 11.7 Å². The van der Waals surface area contributed by atoms with E-state index in [0.29, 0.717) is 42.1 Å². The number of hydrogen-bond acceptors (Lipinski definition) is 6. The first-order chi connectivity index (χ1) is 18.9. The number of carbonyl (C=O) groups is 2. The molecule has 0 spiro atoms. The summed E-state index contributed by atoms with van der Waals surface area (Å²) in [6.45, 7) is 13.0. The van der Waals surface area contributed by atoms with Crippen LogP contribution in [0.1, 0.15) is 43.1 Å². The molecule has 39 heavy (non-hydrogen) atoms. The van der Waals surface area contributed by atoms with Crippen LogP contribution >= 0.6 is 0 Å². The fourth-order valence-corrected chi connectivity index (χ4v) is 5.01. The largest absolute Gasteiger partial charge is 0.507 e. The summed E-state index contributed by atoms with van der Waals surface area (Å²) >= 11 is 0. The standard InChI is InChI=1S/C31H36N4O4/c1-5-19-39-25-16-11-13-23(20-25)28-27(30(37)31(38)34(28)18-12-17-33(6-2)7-3)29(36)26-21-32-35(22(26)4)24-14-9-8-10-15-24/h5,8-11,13-16,20-21,28,36H,1,6-7,12,17-19H2,2-4H3. The van der Waals surface area contributed by atoms with Crippen molar-refractivity contribution < 1.29 is 19.4 Å². The van der Waals surface area contributed by atoms with Gasteiger partial charge in [-0.15, -0.1) is 0 Å². The van der Waals surface area contributed by atoms with Crippen molar-refractivity contribution in [1.82, 2.24) is 19.6 Å². The van der Waals surface area contributed by atoms with Gasteiger partial charge in [0, 0.05) is 6.54 Å². The first kappa shape index (κ1) is 27.9. The minimum atomic E-state index is -0.756. The highest BCUT2D eigenvalue weighted by molar-refractivity contribution is 6.46. The third-order valence-electron chi connectivity index (χ3n) is 7.12. The zero-order valence-electron chi connectivity index (χ0n) is 22.8. The van der Waals surface area contributed by atoms with Crippen LogP contribution < -0.4 is 4.74 Å². The molecule has 3 aromatic rings. The monoisotopic (exact) mass is 528 g/mol. The number of likely N-dealkylation sites (tertiary alicyclic amines) is 1. The Morgan fingerprint density at radius 1 is 1.13 bits per heavy atom. The van der Waals surface area contributed by atoms with E-state index in [1.807, 2.05) is 61.5 Å². The molecule has 1 aromatic heterocycles. The van der Waals surface area contributed by atoms with Crippen molar-refractivity contribution in [2.45, 2.75) is 33.2 Å². The van der Waals surface area contributed by atoms with E-state index in [1.165, 1.54) is 6.20 Å². The first-order valence-corrected chi connectivity index (χ1v) is 13.4. The van der Waals surface area contributed by atoms with Crippen molar-refractivity contribution in [3.8, 4) is 11.4 Å². The number of carbonyl (C=O) groups excluding carboxylic acids is 2. The van der Waals surface area contributed by atoms with Crippen LogP contribution in [-0.2, 0) is 9.59 Å². The molecule has 0 bridgehead atoms. The third kappa shape index (κ3) is 5.81. The van der Waals surface area contributed by atoms with Crippen LogP contribution in [0.3, 0.4) is 0 Å². The molecular weight excluding hydrogens is 492 g/mol. The van der Waals surface area contributed by atoms with Crippen LogP contribution in [-0.4, -0.2) is 69.2 Å². The lowest BCUT2D eigenvalue weighted by Crippen LogP contribution is -2.33. The summed E-state index contributed by atoms with van der Waals surface area (Å²) in [4.78, 5) is 30.7. The Morgan fingerprint density at radius 2 is 1.87 bits per heavy atom. The summed E-state index contributed by atoms with van der Waals surface area (Å²) in [5.74, 6) is -0.966. The Bertz CT molecular complexity index is 1360. The molecule has 0 radical (unpaired) electrons. The molecule has 1 unspecified atom stereocenters. The molecule has 1 aliphatic rings. The van der Waals surface area contributed by atoms with Crippen LogP contribution in [0.15, 0.2) is 79.0 Å². The smallest absolute Gasteiger partial charge is 0.295 e. The van der Waals surface area contributed by atoms with Crippen LogP contribution in [0.25, 0.3) is 11.4 Å². The Morgan fingerprint density at radius 3 is 2.56 bits per heavy atom. The van der Waals surface area contributed by atoms with E-state index in [0.717, 1.165) is 25.3 Å². The summed E-state index contributed by atoms with van der Waals surface area (Å²) in [5, 5.41) is 16.0. The first-order valence-electron chi connectivity index (χ1n) is 13.4. The quantitative estimate of drug-likeness (QED) is 0.156. The molecule has 1 amide bonds. The number of ether oxygens (including phenoxy) is 1. The highest BCUT2D eigenvalue weighted by atomic mass is 16.5. The summed E-state index contributed by atoms with van der Waals surface area (Å²) in [5.41, 5.74) is 2.64. The number of para-hydroxylation sites is 1. The molecular formula is C31H36N4O4. The summed E-state index contributed by atoms with van der Waals surface area (Å²) in [6.07, 6.45) is 3.88. The molecule has 1 aliphatic heterocycles. The van der Waals surface area contributed by atoms with Crippen molar-refractivity contribution in [2.75, 3.05) is 32.8 Å². The number of Topliss-reactive ketones (excluding diaryl/α,β-unsaturated/α-hetero) is 1. The van der Waals surface area contributed by atoms with E-state index in [-0.39, 0.29) is 11.3 Å². The number of aliphatic hydroxyl groups is 1. The lowest BCUT2D eigenvalue weighted by atomic mass is 9.95. The average molecular weight is 529 g/mol. The van der Waals surface area contributed by atoms with E-state index in [1.54, 1.807) is 15.7 Å². The zero-order valence-corrected chi connectivity index (χ0v) is 22.8. The van der Waals surface area contributed by atoms with Gasteiger partial charge in [-0.05, 0) is 62.8 Å². The van der Waals surface area contributed by atoms with Crippen LogP contribution in [0.4, 0.5) is 0 Å².